The SMILES string of the molecule is C/C=C\C=C/c1cc(CCC)c2c(n1)-c1cc(C(C)(O)CC)c(COC=O)c(=O)n1C2. The van der Waals surface area contributed by atoms with Crippen LogP contribution in [0.15, 0.2) is 35.2 Å². The Labute approximate surface area is 182 Å². The number of pyridine rings is 2. The Balaban J connectivity index is 2.26. The number of carbonyl (C=O) groups is 1. The van der Waals surface area contributed by atoms with Gasteiger partial charge in [-0.3, -0.25) is 9.59 Å². The van der Waals surface area contributed by atoms with Crippen LogP contribution in [-0.4, -0.2) is 21.1 Å². The van der Waals surface area contributed by atoms with Gasteiger partial charge in [-0.25, -0.2) is 4.98 Å². The van der Waals surface area contributed by atoms with Gasteiger partial charge in [0.15, 0.2) is 0 Å². The van der Waals surface area contributed by atoms with Crippen molar-refractivity contribution in [1.82, 2.24) is 9.55 Å². The van der Waals surface area contributed by atoms with Gasteiger partial charge in [0.25, 0.3) is 12.0 Å². The minimum atomic E-state index is -1.23. The third kappa shape index (κ3) is 4.39. The fraction of sp³-hybridized carbons (Fsp3) is 0.400. The minimum Gasteiger partial charge on any atom is -0.463 e. The van der Waals surface area contributed by atoms with E-state index in [1.165, 1.54) is 5.56 Å². The standard InChI is InChI=1S/C25H30N2O4/c1-5-8-9-11-18-12-17(10-6-2)19-14-27-22(23(19)26-18)13-21(25(4,30)7-3)20(24(27)29)15-31-16-28/h5,8-9,11-13,16,30H,6-7,10,14-15H2,1-4H3/b8-5-,11-9-. The highest BCUT2D eigenvalue weighted by Gasteiger charge is 2.32. The molecule has 3 heterocycles. The van der Waals surface area contributed by atoms with Gasteiger partial charge in [-0.15, -0.1) is 0 Å². The van der Waals surface area contributed by atoms with E-state index in [-0.39, 0.29) is 12.2 Å². The molecule has 0 fully saturated rings. The Morgan fingerprint density at radius 3 is 2.71 bits per heavy atom. The van der Waals surface area contributed by atoms with E-state index in [2.05, 4.69) is 13.0 Å². The van der Waals surface area contributed by atoms with Crippen molar-refractivity contribution in [1.29, 1.82) is 0 Å². The van der Waals surface area contributed by atoms with Gasteiger partial charge in [-0.05, 0) is 56.0 Å². The lowest BCUT2D eigenvalue weighted by Gasteiger charge is -2.25. The number of rotatable bonds is 9. The molecule has 164 valence electrons. The van der Waals surface area contributed by atoms with E-state index in [4.69, 9.17) is 9.72 Å². The number of ether oxygens (including phenoxy) is 1. The summed E-state index contributed by atoms with van der Waals surface area (Å²) in [5.41, 5.74) is 3.82. The molecule has 3 rings (SSSR count). The summed E-state index contributed by atoms with van der Waals surface area (Å²) >= 11 is 0. The van der Waals surface area contributed by atoms with Crippen LogP contribution in [0.4, 0.5) is 0 Å². The van der Waals surface area contributed by atoms with Gasteiger partial charge in [0.1, 0.15) is 6.61 Å². The van der Waals surface area contributed by atoms with Gasteiger partial charge in [0, 0.05) is 5.56 Å². The highest BCUT2D eigenvalue weighted by Crippen LogP contribution is 2.36. The Morgan fingerprint density at radius 2 is 2.06 bits per heavy atom. The number of allylic oxidation sites excluding steroid dienone is 3. The lowest BCUT2D eigenvalue weighted by molar-refractivity contribution is -0.129. The topological polar surface area (TPSA) is 81.4 Å². The second-order valence-electron chi connectivity index (χ2n) is 8.02. The van der Waals surface area contributed by atoms with E-state index in [9.17, 15) is 14.7 Å². The third-order valence-corrected chi connectivity index (χ3v) is 5.85. The van der Waals surface area contributed by atoms with Crippen LogP contribution in [0.25, 0.3) is 17.5 Å². The third-order valence-electron chi connectivity index (χ3n) is 5.85. The van der Waals surface area contributed by atoms with E-state index in [1.54, 1.807) is 11.5 Å². The molecule has 1 atom stereocenters. The quantitative estimate of drug-likeness (QED) is 0.415. The molecule has 1 aliphatic rings. The van der Waals surface area contributed by atoms with Crippen LogP contribution in [0.1, 0.15) is 68.5 Å². The maximum atomic E-state index is 13.4. The molecule has 0 saturated heterocycles. The zero-order valence-electron chi connectivity index (χ0n) is 18.6. The second kappa shape index (κ2) is 9.43. The first-order valence-electron chi connectivity index (χ1n) is 10.7. The van der Waals surface area contributed by atoms with Gasteiger partial charge in [-0.1, -0.05) is 38.5 Å². The van der Waals surface area contributed by atoms with Crippen molar-refractivity contribution in [3.8, 4) is 11.4 Å². The summed E-state index contributed by atoms with van der Waals surface area (Å²) in [5.74, 6) is 0. The minimum absolute atomic E-state index is 0.170. The smallest absolute Gasteiger partial charge is 0.293 e. The number of hydrogen-bond donors (Lipinski definition) is 1. The Morgan fingerprint density at radius 1 is 1.29 bits per heavy atom. The summed E-state index contributed by atoms with van der Waals surface area (Å²) in [6.45, 7) is 8.18. The molecule has 0 aliphatic carbocycles. The lowest BCUT2D eigenvalue weighted by atomic mass is 9.89. The molecule has 1 N–H and O–H groups in total. The fourth-order valence-corrected chi connectivity index (χ4v) is 4.01. The van der Waals surface area contributed by atoms with E-state index in [1.807, 2.05) is 44.2 Å². The Hall–Kier alpha value is -2.99. The van der Waals surface area contributed by atoms with Crippen molar-refractivity contribution in [2.24, 2.45) is 0 Å². The Kier molecular flexibility index (Phi) is 6.91. The molecule has 31 heavy (non-hydrogen) atoms. The molecule has 6 heteroatoms. The molecule has 0 aromatic carbocycles. The number of carbonyl (C=O) groups excluding carboxylic acids is 1. The molecule has 1 unspecified atom stereocenters. The molecule has 1 aliphatic heterocycles. The van der Waals surface area contributed by atoms with Crippen LogP contribution in [0.2, 0.25) is 0 Å². The van der Waals surface area contributed by atoms with Crippen LogP contribution >= 0.6 is 0 Å². The summed E-state index contributed by atoms with van der Waals surface area (Å²) < 4.78 is 6.59. The summed E-state index contributed by atoms with van der Waals surface area (Å²) in [7, 11) is 0. The number of aromatic nitrogens is 2. The van der Waals surface area contributed by atoms with Gasteiger partial charge >= 0.3 is 0 Å². The highest BCUT2D eigenvalue weighted by molar-refractivity contribution is 5.69. The first-order valence-corrected chi connectivity index (χ1v) is 10.7. The van der Waals surface area contributed by atoms with Crippen molar-refractivity contribution < 1.29 is 14.6 Å². The predicted molar refractivity (Wildman–Crippen MR) is 122 cm³/mol. The van der Waals surface area contributed by atoms with Crippen LogP contribution in [0.5, 0.6) is 0 Å². The summed E-state index contributed by atoms with van der Waals surface area (Å²) in [6, 6.07) is 3.92. The molecule has 0 radical (unpaired) electrons. The summed E-state index contributed by atoms with van der Waals surface area (Å²) in [5, 5.41) is 11.0. The van der Waals surface area contributed by atoms with Crippen molar-refractivity contribution in [2.75, 3.05) is 0 Å². The average molecular weight is 423 g/mol. The normalized spacial score (nSPS) is 14.6. The molecule has 2 aromatic rings. The lowest BCUT2D eigenvalue weighted by Crippen LogP contribution is -2.31. The zero-order chi connectivity index (χ0) is 22.6. The molecular formula is C25H30N2O4. The average Bonchev–Trinajstić information content (AvgIpc) is 3.13. The van der Waals surface area contributed by atoms with Crippen LogP contribution in [0, 0.1) is 0 Å². The van der Waals surface area contributed by atoms with E-state index >= 15 is 0 Å². The molecule has 0 spiro atoms. The van der Waals surface area contributed by atoms with E-state index in [0.717, 1.165) is 29.8 Å². The van der Waals surface area contributed by atoms with Crippen molar-refractivity contribution >= 4 is 12.5 Å². The number of aryl methyl sites for hydroxylation is 1. The van der Waals surface area contributed by atoms with Gasteiger partial charge in [0.05, 0.1) is 34.8 Å². The van der Waals surface area contributed by atoms with Gasteiger partial charge in [0.2, 0.25) is 0 Å². The maximum absolute atomic E-state index is 13.4. The molecule has 6 nitrogen and oxygen atoms in total. The number of hydrogen-bond acceptors (Lipinski definition) is 5. The molecule has 0 amide bonds. The zero-order valence-corrected chi connectivity index (χ0v) is 18.6. The predicted octanol–water partition coefficient (Wildman–Crippen LogP) is 4.10. The fourth-order valence-electron chi connectivity index (χ4n) is 4.01. The van der Waals surface area contributed by atoms with Crippen LogP contribution in [0.3, 0.4) is 0 Å². The van der Waals surface area contributed by atoms with Crippen LogP contribution in [-0.2, 0) is 34.7 Å². The second-order valence-corrected chi connectivity index (χ2v) is 8.02. The number of fused-ring (bicyclic) bond motifs is 3. The van der Waals surface area contributed by atoms with Crippen molar-refractivity contribution in [3.63, 3.8) is 0 Å². The van der Waals surface area contributed by atoms with Gasteiger partial charge < -0.3 is 14.4 Å². The molecule has 0 bridgehead atoms. The molecule has 2 aromatic heterocycles. The van der Waals surface area contributed by atoms with E-state index in [0.29, 0.717) is 36.3 Å². The highest BCUT2D eigenvalue weighted by atomic mass is 16.5. The Bertz CT molecular complexity index is 1090. The maximum Gasteiger partial charge on any atom is 0.293 e. The van der Waals surface area contributed by atoms with Gasteiger partial charge in [-0.2, -0.15) is 0 Å². The monoisotopic (exact) mass is 422 g/mol. The first kappa shape index (κ1) is 22.7. The van der Waals surface area contributed by atoms with Crippen molar-refractivity contribution in [3.05, 3.63) is 68.7 Å². The summed E-state index contributed by atoms with van der Waals surface area (Å²) in [6.07, 6.45) is 10.1. The van der Waals surface area contributed by atoms with E-state index < -0.39 is 5.60 Å². The van der Waals surface area contributed by atoms with Crippen molar-refractivity contribution in [2.45, 2.75) is 65.7 Å². The summed E-state index contributed by atoms with van der Waals surface area (Å²) in [4.78, 5) is 29.0. The number of nitrogens with zero attached hydrogens (tertiary/aromatic N) is 2. The molecule has 0 saturated carbocycles. The molecular weight excluding hydrogens is 392 g/mol. The first-order chi connectivity index (χ1) is 14.9. The van der Waals surface area contributed by atoms with Crippen LogP contribution < -0.4 is 5.56 Å². The largest absolute Gasteiger partial charge is 0.463 e. The number of aliphatic hydroxyl groups is 1.